The Balaban J connectivity index is 1.75. The highest BCUT2D eigenvalue weighted by atomic mass is 79.9. The molecule has 2 aromatic rings. The first-order valence-electron chi connectivity index (χ1n) is 8.71. The molecule has 0 atom stereocenters. The molecule has 0 fully saturated rings. The summed E-state index contributed by atoms with van der Waals surface area (Å²) in [4.78, 5) is 11.9. The van der Waals surface area contributed by atoms with Crippen molar-refractivity contribution >= 4 is 21.9 Å². The van der Waals surface area contributed by atoms with Crippen molar-refractivity contribution in [3.05, 3.63) is 69.7 Å². The number of hydrogen-bond acceptors (Lipinski definition) is 4. The van der Waals surface area contributed by atoms with Gasteiger partial charge in [-0.1, -0.05) is 46.0 Å². The Morgan fingerprint density at radius 3 is 2.44 bits per heavy atom. The maximum Gasteiger partial charge on any atom is 0.338 e. The lowest BCUT2D eigenvalue weighted by Crippen LogP contribution is -2.06. The molecule has 0 spiro atoms. The quantitative estimate of drug-likeness (QED) is 0.252. The van der Waals surface area contributed by atoms with Gasteiger partial charge in [0, 0.05) is 36.2 Å². The molecule has 0 radical (unpaired) electrons. The fraction of sp³-hybridized carbons (Fsp3) is 0.318. The molecular weight excluding hydrogens is 408 g/mol. The second kappa shape index (κ2) is 11.6. The van der Waals surface area contributed by atoms with E-state index in [2.05, 4.69) is 27.8 Å². The zero-order valence-corrected chi connectivity index (χ0v) is 17.1. The summed E-state index contributed by atoms with van der Waals surface area (Å²) in [5, 5.41) is 0. The van der Waals surface area contributed by atoms with Crippen molar-refractivity contribution in [1.29, 1.82) is 0 Å². The van der Waals surface area contributed by atoms with Crippen LogP contribution >= 0.6 is 15.9 Å². The molecule has 0 N–H and O–H groups in total. The molecule has 0 aromatic heterocycles. The minimum Gasteiger partial charge on any atom is -0.462 e. The van der Waals surface area contributed by atoms with Gasteiger partial charge in [0.1, 0.15) is 0 Å². The van der Waals surface area contributed by atoms with E-state index in [9.17, 15) is 4.79 Å². The molecule has 142 valence electrons. The zero-order valence-electron chi connectivity index (χ0n) is 15.5. The first kappa shape index (κ1) is 21.2. The van der Waals surface area contributed by atoms with E-state index in [0.29, 0.717) is 12.2 Å². The predicted molar refractivity (Wildman–Crippen MR) is 108 cm³/mol. The summed E-state index contributed by atoms with van der Waals surface area (Å²) in [6.45, 7) is 0.391. The van der Waals surface area contributed by atoms with E-state index in [1.807, 2.05) is 36.4 Å². The Morgan fingerprint density at radius 2 is 1.74 bits per heavy atom. The summed E-state index contributed by atoms with van der Waals surface area (Å²) in [5.41, 5.74) is 2.37. The third-order valence-corrected chi connectivity index (χ3v) is 4.40. The maximum atomic E-state index is 11.9. The van der Waals surface area contributed by atoms with Gasteiger partial charge in [-0.25, -0.2) is 4.79 Å². The van der Waals surface area contributed by atoms with Crippen LogP contribution in [0.1, 0.15) is 47.0 Å². The van der Waals surface area contributed by atoms with E-state index >= 15 is 0 Å². The number of ether oxygens (including phenoxy) is 3. The second-order valence-corrected chi connectivity index (χ2v) is 6.71. The number of benzene rings is 2. The van der Waals surface area contributed by atoms with E-state index in [1.54, 1.807) is 26.4 Å². The van der Waals surface area contributed by atoms with Crippen molar-refractivity contribution in [2.45, 2.75) is 25.6 Å². The standard InChI is InChI=1S/C22H23BrO4/c1-25-22(26-2)20-11-7-6-10-17(20)9-5-3-4-8-16-27-21(24)18-12-14-19(23)15-13-18/h6-7,10-15,22H,3-4,8,16H2,1-2H3. The van der Waals surface area contributed by atoms with Gasteiger partial charge in [-0.05, 0) is 43.2 Å². The van der Waals surface area contributed by atoms with Crippen LogP contribution < -0.4 is 0 Å². The average molecular weight is 431 g/mol. The van der Waals surface area contributed by atoms with Crippen molar-refractivity contribution in [2.24, 2.45) is 0 Å². The minimum absolute atomic E-state index is 0.298. The third kappa shape index (κ3) is 6.84. The second-order valence-electron chi connectivity index (χ2n) is 5.79. The first-order valence-corrected chi connectivity index (χ1v) is 9.51. The van der Waals surface area contributed by atoms with Crippen LogP contribution in [0.5, 0.6) is 0 Å². The van der Waals surface area contributed by atoms with Gasteiger partial charge in [0.05, 0.1) is 12.2 Å². The van der Waals surface area contributed by atoms with E-state index in [0.717, 1.165) is 34.9 Å². The Hall–Kier alpha value is -2.13. The molecule has 0 heterocycles. The normalized spacial score (nSPS) is 10.4. The predicted octanol–water partition coefficient (Wildman–Crippen LogP) is 5.12. The van der Waals surface area contributed by atoms with E-state index < -0.39 is 6.29 Å². The molecule has 0 aliphatic carbocycles. The molecule has 4 nitrogen and oxygen atoms in total. The van der Waals surface area contributed by atoms with Crippen LogP contribution in [0, 0.1) is 11.8 Å². The molecule has 0 saturated carbocycles. The number of halogens is 1. The fourth-order valence-electron chi connectivity index (χ4n) is 2.47. The van der Waals surface area contributed by atoms with Crippen LogP contribution in [0.4, 0.5) is 0 Å². The van der Waals surface area contributed by atoms with Gasteiger partial charge >= 0.3 is 5.97 Å². The third-order valence-electron chi connectivity index (χ3n) is 3.88. The van der Waals surface area contributed by atoms with E-state index in [1.165, 1.54) is 0 Å². The Kier molecular flexibility index (Phi) is 9.06. The number of rotatable bonds is 8. The number of unbranched alkanes of at least 4 members (excludes halogenated alkanes) is 2. The Bertz CT molecular complexity index is 786. The molecule has 0 unspecified atom stereocenters. The van der Waals surface area contributed by atoms with Crippen molar-refractivity contribution < 1.29 is 19.0 Å². The van der Waals surface area contributed by atoms with Crippen LogP contribution in [0.2, 0.25) is 0 Å². The van der Waals surface area contributed by atoms with Gasteiger partial charge in [0.2, 0.25) is 0 Å². The maximum absolute atomic E-state index is 11.9. The van der Waals surface area contributed by atoms with Gasteiger partial charge in [-0.3, -0.25) is 0 Å². The molecule has 2 rings (SSSR count). The van der Waals surface area contributed by atoms with Crippen LogP contribution in [0.3, 0.4) is 0 Å². The lowest BCUT2D eigenvalue weighted by atomic mass is 10.1. The molecule has 0 aliphatic rings. The van der Waals surface area contributed by atoms with Gasteiger partial charge in [0.25, 0.3) is 0 Å². The summed E-state index contributed by atoms with van der Waals surface area (Å²) in [6, 6.07) is 14.9. The van der Waals surface area contributed by atoms with Crippen LogP contribution in [-0.2, 0) is 14.2 Å². The first-order chi connectivity index (χ1) is 13.2. The smallest absolute Gasteiger partial charge is 0.338 e. The summed E-state index contributed by atoms with van der Waals surface area (Å²) >= 11 is 3.34. The van der Waals surface area contributed by atoms with Crippen LogP contribution in [0.15, 0.2) is 53.0 Å². The molecule has 27 heavy (non-hydrogen) atoms. The van der Waals surface area contributed by atoms with Crippen molar-refractivity contribution in [3.8, 4) is 11.8 Å². The van der Waals surface area contributed by atoms with Gasteiger partial charge in [-0.15, -0.1) is 0 Å². The largest absolute Gasteiger partial charge is 0.462 e. The lowest BCUT2D eigenvalue weighted by Gasteiger charge is -2.15. The molecule has 0 saturated heterocycles. The lowest BCUT2D eigenvalue weighted by molar-refractivity contribution is -0.106. The molecule has 0 aliphatic heterocycles. The van der Waals surface area contributed by atoms with Crippen LogP contribution in [0.25, 0.3) is 0 Å². The number of hydrogen-bond donors (Lipinski definition) is 0. The van der Waals surface area contributed by atoms with Crippen molar-refractivity contribution in [2.75, 3.05) is 20.8 Å². The monoisotopic (exact) mass is 430 g/mol. The van der Waals surface area contributed by atoms with Gasteiger partial charge in [0.15, 0.2) is 6.29 Å². The highest BCUT2D eigenvalue weighted by Gasteiger charge is 2.11. The van der Waals surface area contributed by atoms with E-state index in [4.69, 9.17) is 14.2 Å². The Morgan fingerprint density at radius 1 is 1.04 bits per heavy atom. The number of carbonyl (C=O) groups is 1. The molecule has 0 bridgehead atoms. The molecular formula is C22H23BrO4. The number of methoxy groups -OCH3 is 2. The highest BCUT2D eigenvalue weighted by Crippen LogP contribution is 2.20. The van der Waals surface area contributed by atoms with Crippen molar-refractivity contribution in [1.82, 2.24) is 0 Å². The fourth-order valence-corrected chi connectivity index (χ4v) is 2.74. The minimum atomic E-state index is -0.423. The number of esters is 1. The van der Waals surface area contributed by atoms with E-state index in [-0.39, 0.29) is 5.97 Å². The zero-order chi connectivity index (χ0) is 19.5. The van der Waals surface area contributed by atoms with Gasteiger partial charge < -0.3 is 14.2 Å². The molecule has 0 amide bonds. The highest BCUT2D eigenvalue weighted by molar-refractivity contribution is 9.10. The molecule has 5 heteroatoms. The summed E-state index contributed by atoms with van der Waals surface area (Å²) < 4.78 is 16.8. The summed E-state index contributed by atoms with van der Waals surface area (Å²) in [7, 11) is 3.21. The molecule has 2 aromatic carbocycles. The summed E-state index contributed by atoms with van der Waals surface area (Å²) in [5.74, 6) is 6.04. The topological polar surface area (TPSA) is 44.8 Å². The Labute approximate surface area is 169 Å². The SMILES string of the molecule is COC(OC)c1ccccc1C#CCCCCOC(=O)c1ccc(Br)cc1. The van der Waals surface area contributed by atoms with Crippen LogP contribution in [-0.4, -0.2) is 26.8 Å². The summed E-state index contributed by atoms with van der Waals surface area (Å²) in [6.07, 6.45) is 1.95. The average Bonchev–Trinajstić information content (AvgIpc) is 2.69. The van der Waals surface area contributed by atoms with Gasteiger partial charge in [-0.2, -0.15) is 0 Å². The van der Waals surface area contributed by atoms with Crippen molar-refractivity contribution in [3.63, 3.8) is 0 Å². The number of carbonyl (C=O) groups excluding carboxylic acids is 1.